The molecule has 3 heteroatoms. The van der Waals surface area contributed by atoms with Gasteiger partial charge in [0.15, 0.2) is 0 Å². The lowest BCUT2D eigenvalue weighted by atomic mass is 10.1. The molecule has 2 aromatic rings. The molecule has 0 saturated heterocycles. The molecule has 20 heavy (non-hydrogen) atoms. The van der Waals surface area contributed by atoms with Crippen LogP contribution in [0.3, 0.4) is 0 Å². The first kappa shape index (κ1) is 14.8. The van der Waals surface area contributed by atoms with E-state index in [-0.39, 0.29) is 5.91 Å². The van der Waals surface area contributed by atoms with Crippen molar-refractivity contribution in [2.24, 2.45) is 0 Å². The van der Waals surface area contributed by atoms with Crippen molar-refractivity contribution in [1.82, 2.24) is 5.32 Å². The Kier molecular flexibility index (Phi) is 4.96. The Bertz CT molecular complexity index is 584. The van der Waals surface area contributed by atoms with Crippen LogP contribution in [0.2, 0.25) is 0 Å². The van der Waals surface area contributed by atoms with Crippen molar-refractivity contribution in [3.8, 4) is 0 Å². The number of carbonyl (C=O) groups excluding carboxylic acids is 1. The van der Waals surface area contributed by atoms with Crippen molar-refractivity contribution in [2.45, 2.75) is 40.2 Å². The molecule has 0 spiro atoms. The van der Waals surface area contributed by atoms with Crippen LogP contribution in [-0.4, -0.2) is 5.91 Å². The first-order valence-corrected chi connectivity index (χ1v) is 7.80. The zero-order chi connectivity index (χ0) is 14.5. The van der Waals surface area contributed by atoms with Gasteiger partial charge in [0.2, 0.25) is 5.91 Å². The molecule has 1 aromatic carbocycles. The van der Waals surface area contributed by atoms with Crippen molar-refractivity contribution in [1.29, 1.82) is 0 Å². The maximum atomic E-state index is 11.9. The van der Waals surface area contributed by atoms with Crippen LogP contribution in [0, 0.1) is 20.8 Å². The molecule has 0 atom stereocenters. The maximum Gasteiger partial charge on any atom is 0.220 e. The van der Waals surface area contributed by atoms with Gasteiger partial charge < -0.3 is 5.32 Å². The van der Waals surface area contributed by atoms with Gasteiger partial charge in [0, 0.05) is 17.8 Å². The van der Waals surface area contributed by atoms with Gasteiger partial charge in [0.25, 0.3) is 0 Å². The van der Waals surface area contributed by atoms with E-state index in [2.05, 4.69) is 55.7 Å². The van der Waals surface area contributed by atoms with Crippen LogP contribution in [-0.2, 0) is 17.8 Å². The summed E-state index contributed by atoms with van der Waals surface area (Å²) in [6.07, 6.45) is 1.35. The number of rotatable bonds is 5. The third-order valence-corrected chi connectivity index (χ3v) is 4.69. The molecule has 1 heterocycles. The van der Waals surface area contributed by atoms with E-state index in [4.69, 9.17) is 0 Å². The van der Waals surface area contributed by atoms with Crippen LogP contribution in [0.4, 0.5) is 0 Å². The number of amides is 1. The van der Waals surface area contributed by atoms with E-state index >= 15 is 0 Å². The number of thiophene rings is 1. The highest BCUT2D eigenvalue weighted by Crippen LogP contribution is 2.20. The van der Waals surface area contributed by atoms with Crippen LogP contribution in [0.15, 0.2) is 29.6 Å². The van der Waals surface area contributed by atoms with Gasteiger partial charge >= 0.3 is 0 Å². The third-order valence-electron chi connectivity index (χ3n) is 3.63. The summed E-state index contributed by atoms with van der Waals surface area (Å²) in [5.41, 5.74) is 5.00. The van der Waals surface area contributed by atoms with Gasteiger partial charge in [-0.3, -0.25) is 4.79 Å². The molecule has 0 aliphatic heterocycles. The Morgan fingerprint density at radius 2 is 1.85 bits per heavy atom. The fourth-order valence-electron chi connectivity index (χ4n) is 2.03. The van der Waals surface area contributed by atoms with Crippen LogP contribution >= 0.6 is 11.3 Å². The molecule has 1 aromatic heterocycles. The van der Waals surface area contributed by atoms with Crippen LogP contribution < -0.4 is 5.32 Å². The smallest absolute Gasteiger partial charge is 0.220 e. The van der Waals surface area contributed by atoms with Gasteiger partial charge in [0.1, 0.15) is 0 Å². The Balaban J connectivity index is 1.78. The van der Waals surface area contributed by atoms with Crippen molar-refractivity contribution < 1.29 is 4.79 Å². The van der Waals surface area contributed by atoms with E-state index in [9.17, 15) is 4.79 Å². The zero-order valence-corrected chi connectivity index (χ0v) is 13.1. The first-order chi connectivity index (χ1) is 9.56. The second-order valence-corrected chi connectivity index (χ2v) is 6.29. The lowest BCUT2D eigenvalue weighted by Crippen LogP contribution is -2.23. The molecular weight excluding hydrogens is 266 g/mol. The topological polar surface area (TPSA) is 29.1 Å². The molecule has 0 saturated carbocycles. The molecule has 2 nitrogen and oxygen atoms in total. The van der Waals surface area contributed by atoms with Crippen molar-refractivity contribution in [3.63, 3.8) is 0 Å². The monoisotopic (exact) mass is 287 g/mol. The summed E-state index contributed by atoms with van der Waals surface area (Å²) >= 11 is 1.74. The average molecular weight is 287 g/mol. The van der Waals surface area contributed by atoms with Gasteiger partial charge in [-0.25, -0.2) is 0 Å². The second-order valence-electron chi connectivity index (χ2n) is 5.20. The number of aryl methyl sites for hydroxylation is 3. The second kappa shape index (κ2) is 6.71. The van der Waals surface area contributed by atoms with E-state index in [1.165, 1.54) is 27.1 Å². The first-order valence-electron chi connectivity index (χ1n) is 6.92. The van der Waals surface area contributed by atoms with Gasteiger partial charge in [-0.05, 0) is 49.3 Å². The van der Waals surface area contributed by atoms with Crippen LogP contribution in [0.25, 0.3) is 0 Å². The van der Waals surface area contributed by atoms with E-state index in [0.29, 0.717) is 13.0 Å². The number of carbonyl (C=O) groups is 1. The molecule has 0 radical (unpaired) electrons. The fourth-order valence-corrected chi connectivity index (χ4v) is 2.92. The summed E-state index contributed by atoms with van der Waals surface area (Å²) in [7, 11) is 0. The minimum atomic E-state index is 0.119. The Morgan fingerprint density at radius 1 is 1.15 bits per heavy atom. The van der Waals surface area contributed by atoms with Gasteiger partial charge in [-0.2, -0.15) is 0 Å². The molecule has 0 aliphatic rings. The predicted molar refractivity (Wildman–Crippen MR) is 85.1 cm³/mol. The summed E-state index contributed by atoms with van der Waals surface area (Å²) in [6, 6.07) is 8.36. The van der Waals surface area contributed by atoms with Crippen molar-refractivity contribution >= 4 is 17.2 Å². The lowest BCUT2D eigenvalue weighted by molar-refractivity contribution is -0.121. The summed E-state index contributed by atoms with van der Waals surface area (Å²) in [5, 5.41) is 5.13. The predicted octanol–water partition coefficient (Wildman–Crippen LogP) is 3.92. The van der Waals surface area contributed by atoms with Crippen molar-refractivity contribution in [3.05, 3.63) is 56.8 Å². The van der Waals surface area contributed by atoms with Gasteiger partial charge in [0.05, 0.1) is 0 Å². The zero-order valence-electron chi connectivity index (χ0n) is 12.3. The van der Waals surface area contributed by atoms with E-state index in [1.807, 2.05) is 0 Å². The molecule has 2 rings (SSSR count). The van der Waals surface area contributed by atoms with E-state index in [1.54, 1.807) is 11.3 Å². The summed E-state index contributed by atoms with van der Waals surface area (Å²) in [6.45, 7) is 6.94. The van der Waals surface area contributed by atoms with E-state index < -0.39 is 0 Å². The lowest BCUT2D eigenvalue weighted by Gasteiger charge is -2.06. The molecule has 0 fully saturated rings. The molecular formula is C17H21NOS. The third kappa shape index (κ3) is 3.94. The maximum absolute atomic E-state index is 11.9. The highest BCUT2D eigenvalue weighted by Gasteiger charge is 2.06. The standard InChI is InChI=1S/C17H21NOS/c1-12-4-6-15(7-5-12)8-9-17(19)18-10-16-11-20-14(3)13(16)2/h4-7,11H,8-10H2,1-3H3,(H,18,19). The number of hydrogen-bond acceptors (Lipinski definition) is 2. The number of hydrogen-bond donors (Lipinski definition) is 1. The molecule has 0 bridgehead atoms. The quantitative estimate of drug-likeness (QED) is 0.887. The highest BCUT2D eigenvalue weighted by molar-refractivity contribution is 7.10. The molecule has 1 amide bonds. The van der Waals surface area contributed by atoms with Crippen molar-refractivity contribution in [2.75, 3.05) is 0 Å². The Labute approximate surface area is 124 Å². The summed E-state index contributed by atoms with van der Waals surface area (Å²) in [5.74, 6) is 0.119. The van der Waals surface area contributed by atoms with E-state index in [0.717, 1.165) is 6.42 Å². The molecule has 1 N–H and O–H groups in total. The Morgan fingerprint density at radius 3 is 2.45 bits per heavy atom. The normalized spacial score (nSPS) is 10.6. The highest BCUT2D eigenvalue weighted by atomic mass is 32.1. The fraction of sp³-hybridized carbons (Fsp3) is 0.353. The van der Waals surface area contributed by atoms with Crippen LogP contribution in [0.5, 0.6) is 0 Å². The van der Waals surface area contributed by atoms with Gasteiger partial charge in [-0.1, -0.05) is 29.8 Å². The Hall–Kier alpha value is -1.61. The minimum absolute atomic E-state index is 0.119. The van der Waals surface area contributed by atoms with Crippen LogP contribution in [0.1, 0.15) is 33.6 Å². The average Bonchev–Trinajstić information content (AvgIpc) is 2.76. The van der Waals surface area contributed by atoms with Gasteiger partial charge in [-0.15, -0.1) is 11.3 Å². The molecule has 106 valence electrons. The molecule has 0 unspecified atom stereocenters. The number of benzene rings is 1. The summed E-state index contributed by atoms with van der Waals surface area (Å²) in [4.78, 5) is 13.2. The SMILES string of the molecule is Cc1ccc(CCC(=O)NCc2csc(C)c2C)cc1. The molecule has 0 aliphatic carbocycles. The largest absolute Gasteiger partial charge is 0.352 e. The number of nitrogens with one attached hydrogen (secondary N) is 1. The minimum Gasteiger partial charge on any atom is -0.352 e. The summed E-state index contributed by atoms with van der Waals surface area (Å²) < 4.78 is 0.